The van der Waals surface area contributed by atoms with Gasteiger partial charge in [-0.05, 0) is 0 Å². The molecule has 0 radical (unpaired) electrons. The molecule has 1 aliphatic rings. The Kier molecular flexibility index (Phi) is 5.46. The van der Waals surface area contributed by atoms with E-state index in [0.29, 0.717) is 23.5 Å². The van der Waals surface area contributed by atoms with Gasteiger partial charge in [-0.3, -0.25) is 0 Å². The molecule has 2 amide bonds. The van der Waals surface area contributed by atoms with Crippen LogP contribution in [0.4, 0.5) is 4.79 Å². The largest absolute Gasteiger partial charge is 0.476 e. The highest BCUT2D eigenvalue weighted by molar-refractivity contribution is 8.00. The summed E-state index contributed by atoms with van der Waals surface area (Å²) < 4.78 is 0. The summed E-state index contributed by atoms with van der Waals surface area (Å²) in [5, 5.41) is 14.8. The molecule has 8 heteroatoms. The lowest BCUT2D eigenvalue weighted by Gasteiger charge is -2.34. The Hall–Kier alpha value is -1.28. The summed E-state index contributed by atoms with van der Waals surface area (Å²) in [6.45, 7) is 6.26. The number of carbonyl (C=O) groups excluding carboxylic acids is 1. The van der Waals surface area contributed by atoms with Crippen molar-refractivity contribution in [2.75, 3.05) is 19.6 Å². The van der Waals surface area contributed by atoms with Crippen molar-refractivity contribution in [1.82, 2.24) is 15.2 Å². The highest BCUT2D eigenvalue weighted by atomic mass is 32.2. The van der Waals surface area contributed by atoms with Crippen molar-refractivity contribution in [2.45, 2.75) is 30.8 Å². The summed E-state index contributed by atoms with van der Waals surface area (Å²) in [5.74, 6) is -1.02. The Morgan fingerprint density at radius 3 is 2.67 bits per heavy atom. The van der Waals surface area contributed by atoms with Gasteiger partial charge in [0, 0.05) is 41.9 Å². The van der Waals surface area contributed by atoms with Crippen LogP contribution in [0.15, 0.2) is 5.38 Å². The number of thiazole rings is 1. The maximum atomic E-state index is 12.1. The molecule has 0 spiro atoms. The van der Waals surface area contributed by atoms with Gasteiger partial charge in [-0.1, -0.05) is 13.8 Å². The lowest BCUT2D eigenvalue weighted by Crippen LogP contribution is -2.48. The Morgan fingerprint density at radius 1 is 1.43 bits per heavy atom. The van der Waals surface area contributed by atoms with E-state index in [9.17, 15) is 9.59 Å². The first kappa shape index (κ1) is 16.1. The highest BCUT2D eigenvalue weighted by Crippen LogP contribution is 2.24. The summed E-state index contributed by atoms with van der Waals surface area (Å²) in [6, 6.07) is -0.0518. The van der Waals surface area contributed by atoms with Crippen LogP contribution in [0.25, 0.3) is 0 Å². The fraction of sp³-hybridized carbons (Fsp3) is 0.615. The number of hydrogen-bond acceptors (Lipinski definition) is 5. The molecule has 2 N–H and O–H groups in total. The van der Waals surface area contributed by atoms with Gasteiger partial charge in [0.15, 0.2) is 5.69 Å². The number of aromatic nitrogens is 1. The summed E-state index contributed by atoms with van der Waals surface area (Å²) in [6.07, 6.45) is 0.553. The van der Waals surface area contributed by atoms with Gasteiger partial charge < -0.3 is 15.3 Å². The van der Waals surface area contributed by atoms with Gasteiger partial charge in [0.2, 0.25) is 0 Å². The molecule has 1 aliphatic heterocycles. The molecule has 1 aromatic rings. The number of thioether (sulfide) groups is 1. The molecule has 1 fully saturated rings. The molecule has 116 valence electrons. The van der Waals surface area contributed by atoms with Crippen molar-refractivity contribution >= 4 is 35.1 Å². The number of rotatable bonds is 4. The van der Waals surface area contributed by atoms with E-state index in [2.05, 4.69) is 24.1 Å². The average Bonchev–Trinajstić information content (AvgIpc) is 2.86. The zero-order chi connectivity index (χ0) is 15.4. The van der Waals surface area contributed by atoms with Crippen molar-refractivity contribution in [3.63, 3.8) is 0 Å². The lowest BCUT2D eigenvalue weighted by molar-refractivity contribution is 0.0691. The van der Waals surface area contributed by atoms with Gasteiger partial charge >= 0.3 is 12.0 Å². The van der Waals surface area contributed by atoms with Crippen LogP contribution in [0.5, 0.6) is 0 Å². The summed E-state index contributed by atoms with van der Waals surface area (Å²) >= 11 is 3.21. The third kappa shape index (κ3) is 4.60. The van der Waals surface area contributed by atoms with Gasteiger partial charge in [0.1, 0.15) is 0 Å². The quantitative estimate of drug-likeness (QED) is 0.882. The maximum absolute atomic E-state index is 12.1. The predicted octanol–water partition coefficient (Wildman–Crippen LogP) is 1.92. The zero-order valence-corrected chi connectivity index (χ0v) is 13.7. The molecule has 0 aromatic carbocycles. The van der Waals surface area contributed by atoms with Crippen molar-refractivity contribution in [3.8, 4) is 0 Å². The number of nitrogens with zero attached hydrogens (tertiary/aromatic N) is 2. The third-order valence-electron chi connectivity index (χ3n) is 3.09. The van der Waals surface area contributed by atoms with Gasteiger partial charge in [0.05, 0.1) is 5.01 Å². The van der Waals surface area contributed by atoms with E-state index in [1.54, 1.807) is 0 Å². The van der Waals surface area contributed by atoms with Gasteiger partial charge in [-0.15, -0.1) is 11.3 Å². The van der Waals surface area contributed by atoms with E-state index in [1.165, 1.54) is 16.7 Å². The molecule has 2 unspecified atom stereocenters. The molecule has 2 rings (SSSR count). The second-order valence-electron chi connectivity index (χ2n) is 5.08. The molecule has 0 aliphatic carbocycles. The molecule has 0 saturated carbocycles. The van der Waals surface area contributed by atoms with Crippen LogP contribution in [0.3, 0.4) is 0 Å². The van der Waals surface area contributed by atoms with E-state index < -0.39 is 5.97 Å². The van der Waals surface area contributed by atoms with Crippen molar-refractivity contribution in [1.29, 1.82) is 0 Å². The number of carbonyl (C=O) groups is 2. The minimum Gasteiger partial charge on any atom is -0.476 e. The van der Waals surface area contributed by atoms with Crippen LogP contribution in [0, 0.1) is 0 Å². The molecular formula is C13H19N3O3S2. The smallest absolute Gasteiger partial charge is 0.355 e. The molecular weight excluding hydrogens is 310 g/mol. The van der Waals surface area contributed by atoms with E-state index in [0.717, 1.165) is 18.1 Å². The summed E-state index contributed by atoms with van der Waals surface area (Å²) in [4.78, 5) is 28.7. The summed E-state index contributed by atoms with van der Waals surface area (Å²) in [7, 11) is 0. The standard InChI is InChI=1S/C13H19N3O3S2/c1-8-5-16(6-9(2)21-8)13(19)14-4-3-11-15-10(7-20-11)12(17)18/h7-9H,3-6H2,1-2H3,(H,14,19)(H,17,18). The number of aromatic carboxylic acids is 1. The van der Waals surface area contributed by atoms with Crippen LogP contribution in [0.2, 0.25) is 0 Å². The minimum absolute atomic E-state index is 0.0518. The molecule has 1 saturated heterocycles. The lowest BCUT2D eigenvalue weighted by atomic mass is 10.3. The number of hydrogen-bond donors (Lipinski definition) is 2. The van der Waals surface area contributed by atoms with E-state index >= 15 is 0 Å². The number of carboxylic acids is 1. The fourth-order valence-electron chi connectivity index (χ4n) is 2.26. The van der Waals surface area contributed by atoms with Crippen LogP contribution >= 0.6 is 23.1 Å². The Bertz CT molecular complexity index is 511. The maximum Gasteiger partial charge on any atom is 0.355 e. The first-order valence-corrected chi connectivity index (χ1v) is 8.64. The van der Waals surface area contributed by atoms with Crippen LogP contribution in [0.1, 0.15) is 29.3 Å². The minimum atomic E-state index is -1.02. The zero-order valence-electron chi connectivity index (χ0n) is 12.0. The fourth-order valence-corrected chi connectivity index (χ4v) is 4.35. The molecule has 1 aromatic heterocycles. The van der Waals surface area contributed by atoms with Crippen LogP contribution < -0.4 is 5.32 Å². The van der Waals surface area contributed by atoms with E-state index in [1.807, 2.05) is 16.7 Å². The average molecular weight is 329 g/mol. The number of nitrogens with one attached hydrogen (secondary N) is 1. The normalized spacial score (nSPS) is 22.1. The predicted molar refractivity (Wildman–Crippen MR) is 84.3 cm³/mol. The number of amides is 2. The molecule has 6 nitrogen and oxygen atoms in total. The first-order chi connectivity index (χ1) is 9.95. The topological polar surface area (TPSA) is 82.5 Å². The second-order valence-corrected chi connectivity index (χ2v) is 7.90. The Labute approximate surface area is 131 Å². The first-order valence-electron chi connectivity index (χ1n) is 6.81. The van der Waals surface area contributed by atoms with E-state index in [-0.39, 0.29) is 11.7 Å². The van der Waals surface area contributed by atoms with Crippen molar-refractivity contribution in [2.24, 2.45) is 0 Å². The van der Waals surface area contributed by atoms with Crippen LogP contribution in [-0.2, 0) is 6.42 Å². The summed E-state index contributed by atoms with van der Waals surface area (Å²) in [5.41, 5.74) is 0.0667. The van der Waals surface area contributed by atoms with Gasteiger partial charge in [0.25, 0.3) is 0 Å². The van der Waals surface area contributed by atoms with Crippen molar-refractivity contribution in [3.05, 3.63) is 16.1 Å². The second kappa shape index (κ2) is 7.13. The molecule has 2 atom stereocenters. The van der Waals surface area contributed by atoms with Gasteiger partial charge in [-0.25, -0.2) is 14.6 Å². The van der Waals surface area contributed by atoms with Crippen molar-refractivity contribution < 1.29 is 14.7 Å². The number of carboxylic acid groups (broad SMARTS) is 1. The Morgan fingerprint density at radius 2 is 2.10 bits per heavy atom. The van der Waals surface area contributed by atoms with E-state index in [4.69, 9.17) is 5.11 Å². The molecule has 0 bridgehead atoms. The molecule has 2 heterocycles. The van der Waals surface area contributed by atoms with Crippen LogP contribution in [-0.4, -0.2) is 57.1 Å². The Balaban J connectivity index is 1.77. The number of urea groups is 1. The SMILES string of the molecule is CC1CN(C(=O)NCCc2nc(C(=O)O)cs2)CC(C)S1. The molecule has 21 heavy (non-hydrogen) atoms. The monoisotopic (exact) mass is 329 g/mol. The third-order valence-corrected chi connectivity index (χ3v) is 5.23. The highest BCUT2D eigenvalue weighted by Gasteiger charge is 2.25. The van der Waals surface area contributed by atoms with Gasteiger partial charge in [-0.2, -0.15) is 11.8 Å².